The molecule has 0 aromatic heterocycles. The number of ketones is 1. The Labute approximate surface area is 133 Å². The van der Waals surface area contributed by atoms with Gasteiger partial charge in [-0.15, -0.1) is 0 Å². The van der Waals surface area contributed by atoms with E-state index >= 15 is 0 Å². The van der Waals surface area contributed by atoms with Crippen molar-refractivity contribution < 1.29 is 14.7 Å². The van der Waals surface area contributed by atoms with Gasteiger partial charge in [0.2, 0.25) is 5.78 Å². The van der Waals surface area contributed by atoms with Crippen LogP contribution in [0.1, 0.15) is 15.9 Å². The number of oxime groups is 1. The summed E-state index contributed by atoms with van der Waals surface area (Å²) in [6, 6.07) is 19.8. The van der Waals surface area contributed by atoms with Crippen molar-refractivity contribution in [3.8, 4) is 5.75 Å². The van der Waals surface area contributed by atoms with Gasteiger partial charge in [-0.1, -0.05) is 59.8 Å². The van der Waals surface area contributed by atoms with E-state index in [1.54, 1.807) is 43.5 Å². The van der Waals surface area contributed by atoms with Crippen LogP contribution in [0.4, 0.5) is 0 Å². The molecule has 0 bridgehead atoms. The molecule has 4 nitrogen and oxygen atoms in total. The van der Waals surface area contributed by atoms with E-state index in [-0.39, 0.29) is 11.5 Å². The molecular formula is C19H15NO3. The van der Waals surface area contributed by atoms with Crippen LogP contribution < -0.4 is 4.74 Å². The van der Waals surface area contributed by atoms with Crippen LogP contribution in [0, 0.1) is 0 Å². The van der Waals surface area contributed by atoms with Gasteiger partial charge in [0.15, 0.2) is 5.71 Å². The zero-order chi connectivity index (χ0) is 16.2. The molecule has 0 aliphatic heterocycles. The maximum Gasteiger partial charge on any atom is 0.215 e. The van der Waals surface area contributed by atoms with Crippen LogP contribution in [0.25, 0.3) is 10.8 Å². The predicted octanol–water partition coefficient (Wildman–Crippen LogP) is 3.91. The summed E-state index contributed by atoms with van der Waals surface area (Å²) in [7, 11) is 1.59. The molecule has 0 saturated carbocycles. The molecule has 0 radical (unpaired) electrons. The number of carbonyl (C=O) groups excluding carboxylic acids is 1. The zero-order valence-corrected chi connectivity index (χ0v) is 12.6. The maximum absolute atomic E-state index is 12.9. The van der Waals surface area contributed by atoms with Crippen LogP contribution in [0.5, 0.6) is 5.75 Å². The summed E-state index contributed by atoms with van der Waals surface area (Å²) in [4.78, 5) is 12.9. The van der Waals surface area contributed by atoms with E-state index in [1.807, 2.05) is 30.3 Å². The summed E-state index contributed by atoms with van der Waals surface area (Å²) in [5, 5.41) is 14.1. The number of Topliss-reactive ketones (excluding diaryl/α,β-unsaturated/α-hetero) is 1. The van der Waals surface area contributed by atoms with Gasteiger partial charge in [-0.2, -0.15) is 0 Å². The Kier molecular flexibility index (Phi) is 4.06. The summed E-state index contributed by atoms with van der Waals surface area (Å²) in [5.41, 5.74) is 1.05. The molecule has 0 aliphatic rings. The Balaban J connectivity index is 2.15. The van der Waals surface area contributed by atoms with Gasteiger partial charge < -0.3 is 9.94 Å². The number of benzene rings is 3. The highest BCUT2D eigenvalue weighted by molar-refractivity contribution is 6.52. The first-order chi connectivity index (χ1) is 11.3. The second kappa shape index (κ2) is 6.32. The molecule has 0 spiro atoms. The van der Waals surface area contributed by atoms with Crippen LogP contribution in [0.2, 0.25) is 0 Å². The summed E-state index contributed by atoms with van der Waals surface area (Å²) >= 11 is 0. The zero-order valence-electron chi connectivity index (χ0n) is 12.6. The van der Waals surface area contributed by atoms with Gasteiger partial charge in [-0.25, -0.2) is 0 Å². The lowest BCUT2D eigenvalue weighted by atomic mass is 9.95. The van der Waals surface area contributed by atoms with Crippen LogP contribution in [0.15, 0.2) is 71.9 Å². The highest BCUT2D eigenvalue weighted by Crippen LogP contribution is 2.29. The topological polar surface area (TPSA) is 58.9 Å². The van der Waals surface area contributed by atoms with Crippen molar-refractivity contribution in [2.24, 2.45) is 5.16 Å². The Morgan fingerprint density at radius 1 is 0.913 bits per heavy atom. The fourth-order valence-electron chi connectivity index (χ4n) is 2.61. The van der Waals surface area contributed by atoms with Crippen molar-refractivity contribution in [2.75, 3.05) is 7.11 Å². The normalized spacial score (nSPS) is 11.4. The van der Waals surface area contributed by atoms with Crippen molar-refractivity contribution in [1.29, 1.82) is 0 Å². The van der Waals surface area contributed by atoms with Gasteiger partial charge in [0.05, 0.1) is 7.11 Å². The molecule has 23 heavy (non-hydrogen) atoms. The maximum atomic E-state index is 12.9. The van der Waals surface area contributed by atoms with Gasteiger partial charge >= 0.3 is 0 Å². The largest absolute Gasteiger partial charge is 0.496 e. The van der Waals surface area contributed by atoms with E-state index in [0.717, 1.165) is 10.8 Å². The number of fused-ring (bicyclic) bond motifs is 1. The quantitative estimate of drug-likeness (QED) is 0.344. The van der Waals surface area contributed by atoms with Crippen molar-refractivity contribution in [1.82, 2.24) is 0 Å². The van der Waals surface area contributed by atoms with Gasteiger partial charge in [-0.3, -0.25) is 4.79 Å². The van der Waals surface area contributed by atoms with E-state index in [4.69, 9.17) is 4.74 Å². The van der Waals surface area contributed by atoms with Gasteiger partial charge in [0, 0.05) is 16.5 Å². The van der Waals surface area contributed by atoms with E-state index in [0.29, 0.717) is 16.9 Å². The second-order valence-corrected chi connectivity index (χ2v) is 5.00. The number of ether oxygens (including phenoxy) is 1. The van der Waals surface area contributed by atoms with E-state index in [1.165, 1.54) is 0 Å². The SMILES string of the molecule is COc1ccc(C(=O)/C(=N/O)c2ccccc2)c2ccccc12. The third-order valence-electron chi connectivity index (χ3n) is 3.71. The Bertz CT molecular complexity index is 886. The first kappa shape index (κ1) is 14.8. The standard InChI is InChI=1S/C19H15NO3/c1-23-17-12-11-16(14-9-5-6-10-15(14)17)19(21)18(20-22)13-7-3-2-4-8-13/h2-12,22H,1H3/b20-18+. The van der Waals surface area contributed by atoms with Crippen molar-refractivity contribution in [3.63, 3.8) is 0 Å². The van der Waals surface area contributed by atoms with Gasteiger partial charge in [-0.05, 0) is 17.5 Å². The van der Waals surface area contributed by atoms with Crippen molar-refractivity contribution in [2.45, 2.75) is 0 Å². The van der Waals surface area contributed by atoms with E-state index in [2.05, 4.69) is 5.16 Å². The van der Waals surface area contributed by atoms with Gasteiger partial charge in [0.25, 0.3) is 0 Å². The fourth-order valence-corrected chi connectivity index (χ4v) is 2.61. The molecule has 0 heterocycles. The monoisotopic (exact) mass is 305 g/mol. The average Bonchev–Trinajstić information content (AvgIpc) is 2.62. The third kappa shape index (κ3) is 2.66. The first-order valence-corrected chi connectivity index (χ1v) is 7.14. The number of hydrogen-bond donors (Lipinski definition) is 1. The third-order valence-corrected chi connectivity index (χ3v) is 3.71. The van der Waals surface area contributed by atoms with Crippen LogP contribution in [-0.4, -0.2) is 23.8 Å². The Hall–Kier alpha value is -3.14. The molecule has 0 amide bonds. The molecule has 0 unspecified atom stereocenters. The summed E-state index contributed by atoms with van der Waals surface area (Å²) in [6.45, 7) is 0. The van der Waals surface area contributed by atoms with Crippen LogP contribution in [0.3, 0.4) is 0 Å². The summed E-state index contributed by atoms with van der Waals surface area (Å²) in [5.74, 6) is 0.358. The van der Waals surface area contributed by atoms with E-state index < -0.39 is 0 Å². The lowest BCUT2D eigenvalue weighted by molar-refractivity contribution is 0.106. The Morgan fingerprint density at radius 2 is 1.57 bits per heavy atom. The van der Waals surface area contributed by atoms with Crippen LogP contribution >= 0.6 is 0 Å². The molecule has 0 fully saturated rings. The molecular weight excluding hydrogens is 290 g/mol. The lowest BCUT2D eigenvalue weighted by Gasteiger charge is -2.10. The molecule has 3 aromatic carbocycles. The molecule has 0 aliphatic carbocycles. The molecule has 4 heteroatoms. The predicted molar refractivity (Wildman–Crippen MR) is 89.6 cm³/mol. The lowest BCUT2D eigenvalue weighted by Crippen LogP contribution is -2.16. The molecule has 1 N–H and O–H groups in total. The minimum absolute atomic E-state index is 0.0147. The molecule has 3 rings (SSSR count). The first-order valence-electron chi connectivity index (χ1n) is 7.14. The number of rotatable bonds is 4. The summed E-state index contributed by atoms with van der Waals surface area (Å²) in [6.07, 6.45) is 0. The van der Waals surface area contributed by atoms with Crippen molar-refractivity contribution >= 4 is 22.3 Å². The smallest absolute Gasteiger partial charge is 0.215 e. The highest BCUT2D eigenvalue weighted by atomic mass is 16.5. The number of carbonyl (C=O) groups is 1. The molecule has 0 saturated heterocycles. The fraction of sp³-hybridized carbons (Fsp3) is 0.0526. The second-order valence-electron chi connectivity index (χ2n) is 5.00. The minimum atomic E-state index is -0.336. The molecule has 3 aromatic rings. The van der Waals surface area contributed by atoms with E-state index in [9.17, 15) is 10.0 Å². The number of hydrogen-bond acceptors (Lipinski definition) is 4. The summed E-state index contributed by atoms with van der Waals surface area (Å²) < 4.78 is 5.34. The van der Waals surface area contributed by atoms with Crippen molar-refractivity contribution in [3.05, 3.63) is 77.9 Å². The molecule has 0 atom stereocenters. The highest BCUT2D eigenvalue weighted by Gasteiger charge is 2.20. The number of methoxy groups -OCH3 is 1. The molecule has 114 valence electrons. The van der Waals surface area contributed by atoms with Gasteiger partial charge in [0.1, 0.15) is 5.75 Å². The Morgan fingerprint density at radius 3 is 2.22 bits per heavy atom. The number of nitrogens with zero attached hydrogens (tertiary/aromatic N) is 1. The average molecular weight is 305 g/mol. The van der Waals surface area contributed by atoms with Crippen LogP contribution in [-0.2, 0) is 0 Å². The minimum Gasteiger partial charge on any atom is -0.496 e.